The van der Waals surface area contributed by atoms with E-state index in [9.17, 15) is 4.79 Å². The van der Waals surface area contributed by atoms with Gasteiger partial charge in [-0.05, 0) is 61.2 Å². The average Bonchev–Trinajstić information content (AvgIpc) is 3.29. The van der Waals surface area contributed by atoms with Crippen LogP contribution in [0.25, 0.3) is 11.0 Å². The lowest BCUT2D eigenvalue weighted by atomic mass is 9.95. The molecule has 7 nitrogen and oxygen atoms in total. The number of carbonyl (C=O) groups is 1. The van der Waals surface area contributed by atoms with E-state index in [0.717, 1.165) is 35.9 Å². The monoisotopic (exact) mass is 442 g/mol. The third-order valence-electron chi connectivity index (χ3n) is 5.49. The number of fused-ring (bicyclic) bond motifs is 1. The summed E-state index contributed by atoms with van der Waals surface area (Å²) in [5.41, 5.74) is 9.93. The highest BCUT2D eigenvalue weighted by Crippen LogP contribution is 2.28. The molecule has 0 aliphatic heterocycles. The smallest absolute Gasteiger partial charge is 0.228 e. The fourth-order valence-corrected chi connectivity index (χ4v) is 3.72. The molecule has 3 aromatic rings. The summed E-state index contributed by atoms with van der Waals surface area (Å²) in [6, 6.07) is 14.3. The van der Waals surface area contributed by atoms with Gasteiger partial charge in [-0.15, -0.1) is 0 Å². The molecule has 0 bridgehead atoms. The first-order valence-electron chi connectivity index (χ1n) is 10.7. The maximum Gasteiger partial charge on any atom is 0.228 e. The molecule has 33 heavy (non-hydrogen) atoms. The van der Waals surface area contributed by atoms with E-state index in [-0.39, 0.29) is 17.8 Å². The number of aromatic nitrogens is 2. The second kappa shape index (κ2) is 10.1. The highest BCUT2D eigenvalue weighted by Gasteiger charge is 2.19. The van der Waals surface area contributed by atoms with Gasteiger partial charge in [0.05, 0.1) is 17.1 Å². The first-order chi connectivity index (χ1) is 16.1. The first-order valence-corrected chi connectivity index (χ1v) is 10.7. The Kier molecular flexibility index (Phi) is 6.80. The molecule has 1 aliphatic carbocycles. The summed E-state index contributed by atoms with van der Waals surface area (Å²) in [5.74, 6) is 0.791. The Bertz CT molecular complexity index is 1220. The number of benzene rings is 2. The number of para-hydroxylation sites is 2. The van der Waals surface area contributed by atoms with Gasteiger partial charge >= 0.3 is 0 Å². The number of hydrogen-bond donors (Lipinski definition) is 2. The number of H-pyrrole nitrogens is 1. The van der Waals surface area contributed by atoms with E-state index in [1.54, 1.807) is 43.7 Å². The summed E-state index contributed by atoms with van der Waals surface area (Å²) in [4.78, 5) is 24.7. The largest absolute Gasteiger partial charge is 0.439 e. The number of aromatic amines is 1. The van der Waals surface area contributed by atoms with Gasteiger partial charge in [0.25, 0.3) is 0 Å². The third kappa shape index (κ3) is 5.10. The number of nitrogens with two attached hydrogens (primary N) is 1. The van der Waals surface area contributed by atoms with Gasteiger partial charge in [0.2, 0.25) is 11.7 Å². The zero-order valence-electron chi connectivity index (χ0n) is 18.5. The van der Waals surface area contributed by atoms with Crippen LogP contribution >= 0.6 is 0 Å². The van der Waals surface area contributed by atoms with Crippen LogP contribution in [0.2, 0.25) is 0 Å². The molecule has 1 aliphatic rings. The van der Waals surface area contributed by atoms with Gasteiger partial charge in [-0.3, -0.25) is 9.79 Å². The number of hydrogen-bond acceptors (Lipinski definition) is 6. The molecule has 7 heteroatoms. The summed E-state index contributed by atoms with van der Waals surface area (Å²) < 4.78 is 11.3. The number of nitrogens with zero attached hydrogens (tertiary/aromatic N) is 2. The maximum absolute atomic E-state index is 12.8. The molecular formula is C26H26N4O3. The van der Waals surface area contributed by atoms with E-state index < -0.39 is 0 Å². The highest BCUT2D eigenvalue weighted by atomic mass is 16.5. The Hall–Kier alpha value is -3.97. The van der Waals surface area contributed by atoms with Crippen LogP contribution in [0.5, 0.6) is 5.75 Å². The SMILES string of the molecule is C=CC=N/C(C1=CC[C@H](OC)CC1)=C(\N)Oc1ccc(C(=O)c2nc3ccccc3[nH]2)cc1. The van der Waals surface area contributed by atoms with E-state index in [4.69, 9.17) is 15.2 Å². The van der Waals surface area contributed by atoms with Crippen molar-refractivity contribution in [3.63, 3.8) is 0 Å². The predicted octanol–water partition coefficient (Wildman–Crippen LogP) is 4.68. The molecule has 1 aromatic heterocycles. The van der Waals surface area contributed by atoms with Gasteiger partial charge in [-0.25, -0.2) is 4.98 Å². The van der Waals surface area contributed by atoms with Crippen LogP contribution in [0.1, 0.15) is 35.4 Å². The Morgan fingerprint density at radius 3 is 2.70 bits per heavy atom. The number of aliphatic imine (C=N–C) groups is 1. The molecule has 1 heterocycles. The van der Waals surface area contributed by atoms with Crippen molar-refractivity contribution in [3.8, 4) is 5.75 Å². The van der Waals surface area contributed by atoms with Gasteiger partial charge in [-0.2, -0.15) is 0 Å². The van der Waals surface area contributed by atoms with Crippen LogP contribution in [0.4, 0.5) is 0 Å². The standard InChI is InChI=1S/C26H26N4O3/c1-3-16-28-23(17-8-12-19(32-2)13-9-17)25(27)33-20-14-10-18(11-15-20)24(31)26-29-21-6-4-5-7-22(21)30-26/h3-8,10-11,14-16,19H,1,9,12-13,27H2,2H3,(H,29,30)/b25-23+,28-16?/t19-/m0/s1. The van der Waals surface area contributed by atoms with Crippen LogP contribution in [0, 0.1) is 0 Å². The van der Waals surface area contributed by atoms with E-state index in [0.29, 0.717) is 22.8 Å². The summed E-state index contributed by atoms with van der Waals surface area (Å²) >= 11 is 0. The normalized spacial score (nSPS) is 17.0. The molecule has 0 saturated carbocycles. The second-order valence-electron chi connectivity index (χ2n) is 7.65. The predicted molar refractivity (Wildman–Crippen MR) is 129 cm³/mol. The van der Waals surface area contributed by atoms with E-state index >= 15 is 0 Å². The van der Waals surface area contributed by atoms with Crippen molar-refractivity contribution in [2.75, 3.05) is 7.11 Å². The van der Waals surface area contributed by atoms with Crippen molar-refractivity contribution in [2.45, 2.75) is 25.4 Å². The van der Waals surface area contributed by atoms with Crippen LogP contribution in [0.15, 0.2) is 89.4 Å². The van der Waals surface area contributed by atoms with Crippen LogP contribution in [-0.2, 0) is 4.74 Å². The number of nitrogens with one attached hydrogen (secondary N) is 1. The maximum atomic E-state index is 12.8. The zero-order valence-corrected chi connectivity index (χ0v) is 18.5. The molecule has 3 N–H and O–H groups in total. The molecule has 0 spiro atoms. The van der Waals surface area contributed by atoms with Gasteiger partial charge in [-0.1, -0.05) is 30.9 Å². The summed E-state index contributed by atoms with van der Waals surface area (Å²) in [7, 11) is 1.72. The molecule has 0 radical (unpaired) electrons. The summed E-state index contributed by atoms with van der Waals surface area (Å²) in [6.45, 7) is 3.68. The van der Waals surface area contributed by atoms with Crippen molar-refractivity contribution >= 4 is 23.0 Å². The number of ketones is 1. The number of imidazole rings is 1. The minimum absolute atomic E-state index is 0.187. The van der Waals surface area contributed by atoms with Crippen LogP contribution < -0.4 is 10.5 Å². The fraction of sp³-hybridized carbons (Fsp3) is 0.192. The lowest BCUT2D eigenvalue weighted by Gasteiger charge is -2.21. The molecule has 0 unspecified atom stereocenters. The van der Waals surface area contributed by atoms with E-state index in [1.807, 2.05) is 24.3 Å². The Morgan fingerprint density at radius 1 is 1.24 bits per heavy atom. The minimum Gasteiger partial charge on any atom is -0.439 e. The number of methoxy groups -OCH3 is 1. The van der Waals surface area contributed by atoms with Crippen molar-refractivity contribution in [1.82, 2.24) is 9.97 Å². The van der Waals surface area contributed by atoms with Crippen LogP contribution in [0.3, 0.4) is 0 Å². The summed E-state index contributed by atoms with van der Waals surface area (Å²) in [6.07, 6.45) is 7.94. The topological polar surface area (TPSA) is 103 Å². The van der Waals surface area contributed by atoms with Gasteiger partial charge < -0.3 is 20.2 Å². The lowest BCUT2D eigenvalue weighted by molar-refractivity contribution is 0.0942. The van der Waals surface area contributed by atoms with Gasteiger partial charge in [0.1, 0.15) is 11.4 Å². The Labute approximate surface area is 192 Å². The van der Waals surface area contributed by atoms with Gasteiger partial charge in [0, 0.05) is 18.9 Å². The van der Waals surface area contributed by atoms with Crippen molar-refractivity contribution in [2.24, 2.45) is 10.7 Å². The number of carbonyl (C=O) groups excluding carboxylic acids is 1. The molecule has 2 aromatic carbocycles. The lowest BCUT2D eigenvalue weighted by Crippen LogP contribution is -2.17. The quantitative estimate of drug-likeness (QED) is 0.299. The first kappa shape index (κ1) is 22.2. The van der Waals surface area contributed by atoms with Crippen LogP contribution in [-0.4, -0.2) is 35.2 Å². The van der Waals surface area contributed by atoms with Crippen molar-refractivity contribution < 1.29 is 14.3 Å². The van der Waals surface area contributed by atoms with E-state index in [1.165, 1.54) is 0 Å². The van der Waals surface area contributed by atoms with Crippen molar-refractivity contribution in [1.29, 1.82) is 0 Å². The Morgan fingerprint density at radius 2 is 2.03 bits per heavy atom. The molecular weight excluding hydrogens is 416 g/mol. The fourth-order valence-electron chi connectivity index (χ4n) is 3.72. The molecule has 0 saturated heterocycles. The number of allylic oxidation sites excluding steroid dienone is 2. The Balaban J connectivity index is 1.53. The minimum atomic E-state index is -0.197. The third-order valence-corrected chi connectivity index (χ3v) is 5.49. The molecule has 0 amide bonds. The molecule has 168 valence electrons. The van der Waals surface area contributed by atoms with Crippen molar-refractivity contribution in [3.05, 3.63) is 95.8 Å². The number of ether oxygens (including phenoxy) is 2. The second-order valence-corrected chi connectivity index (χ2v) is 7.65. The number of rotatable bonds is 8. The zero-order chi connectivity index (χ0) is 23.2. The molecule has 4 rings (SSSR count). The molecule has 0 fully saturated rings. The van der Waals surface area contributed by atoms with E-state index in [2.05, 4.69) is 27.6 Å². The summed E-state index contributed by atoms with van der Waals surface area (Å²) in [5, 5.41) is 0. The highest BCUT2D eigenvalue weighted by molar-refractivity contribution is 6.08. The van der Waals surface area contributed by atoms with Gasteiger partial charge in [0.15, 0.2) is 5.82 Å². The molecule has 1 atom stereocenters. The average molecular weight is 443 g/mol.